The third-order valence-corrected chi connectivity index (χ3v) is 18.3. The van der Waals surface area contributed by atoms with Gasteiger partial charge >= 0.3 is 5.97 Å². The van der Waals surface area contributed by atoms with E-state index in [2.05, 4.69) is 0 Å². The molecule has 9 rings (SSSR count). The topological polar surface area (TPSA) is 649 Å². The van der Waals surface area contributed by atoms with Gasteiger partial charge in [0.1, 0.15) is 177 Å². The summed E-state index contributed by atoms with van der Waals surface area (Å²) < 4.78 is 101. The molecule has 9 saturated heterocycles. The Bertz CT molecular complexity index is 2380. The van der Waals surface area contributed by atoms with Crippen molar-refractivity contribution >= 4 is 5.97 Å². The number of aliphatic hydroxyl groups is 22. The first-order valence-corrected chi connectivity index (χ1v) is 30.4. The van der Waals surface area contributed by atoms with Gasteiger partial charge in [0.15, 0.2) is 50.3 Å². The minimum Gasteiger partial charge on any atom is -0.477 e. The first kappa shape index (κ1) is 77.0. The van der Waals surface area contributed by atoms with Crippen molar-refractivity contribution < 1.29 is 208 Å². The second-order valence-corrected chi connectivity index (χ2v) is 24.5. The molecule has 42 nitrogen and oxygen atoms in total. The Hall–Kier alpha value is -2.13. The Labute approximate surface area is 537 Å². The predicted molar refractivity (Wildman–Crippen MR) is 286 cm³/mol. The lowest BCUT2D eigenvalue weighted by Gasteiger charge is -2.50. The number of hydrogen-bond acceptors (Lipinski definition) is 41. The normalized spacial score (nSPS) is 53.2. The predicted octanol–water partition coefficient (Wildman–Crippen LogP) is -15.7. The quantitative estimate of drug-likeness (QED) is 0.0452. The van der Waals surface area contributed by atoms with Crippen LogP contribution in [0.2, 0.25) is 0 Å². The first-order valence-electron chi connectivity index (χ1n) is 30.4. The van der Waals surface area contributed by atoms with Crippen LogP contribution in [0.4, 0.5) is 0 Å². The highest BCUT2D eigenvalue weighted by molar-refractivity contribution is 5.75. The number of aliphatic hydroxyl groups excluding tert-OH is 22. The lowest BCUT2D eigenvalue weighted by Crippen LogP contribution is -2.69. The number of hydrogen-bond donors (Lipinski definition) is 23. The van der Waals surface area contributed by atoms with Gasteiger partial charge < -0.3 is 203 Å². The maximum Gasteiger partial charge on any atom is 0.364 e. The fourth-order valence-electron chi connectivity index (χ4n) is 12.4. The van der Waals surface area contributed by atoms with E-state index in [1.54, 1.807) is 0 Å². The summed E-state index contributed by atoms with van der Waals surface area (Å²) in [6, 6.07) is 0. The van der Waals surface area contributed by atoms with Crippen LogP contribution in [0.25, 0.3) is 0 Å². The van der Waals surface area contributed by atoms with Gasteiger partial charge in [0.2, 0.25) is 0 Å². The van der Waals surface area contributed by atoms with Gasteiger partial charge in [-0.3, -0.25) is 0 Å². The minimum atomic E-state index is -2.24. The number of methoxy groups -OCH3 is 1. The number of carboxylic acid groups (broad SMARTS) is 1. The molecule has 41 atom stereocenters. The summed E-state index contributed by atoms with van der Waals surface area (Å²) in [6.07, 6.45) is -72.2. The summed E-state index contributed by atoms with van der Waals surface area (Å²) in [7, 11) is 1.15. The van der Waals surface area contributed by atoms with Crippen molar-refractivity contribution in [2.24, 2.45) is 5.92 Å². The molecule has 95 heavy (non-hydrogen) atoms. The van der Waals surface area contributed by atoms with Crippen LogP contribution >= 0.6 is 0 Å². The van der Waals surface area contributed by atoms with E-state index in [1.165, 1.54) is 6.92 Å². The van der Waals surface area contributed by atoms with Gasteiger partial charge in [-0.05, 0) is 0 Å². The van der Waals surface area contributed by atoms with Gasteiger partial charge in [0.25, 0.3) is 5.79 Å². The van der Waals surface area contributed by atoms with Crippen molar-refractivity contribution in [3.63, 3.8) is 0 Å². The Kier molecular flexibility index (Phi) is 26.3. The zero-order chi connectivity index (χ0) is 69.6. The minimum absolute atomic E-state index is 0.508. The van der Waals surface area contributed by atoms with Crippen molar-refractivity contribution in [1.29, 1.82) is 0 Å². The smallest absolute Gasteiger partial charge is 0.364 e. The SMILES string of the molecule is CO[C@@H]1OC(CO)[C@H](O)[C@H](O[C@@H]2OC(CO)[C@@H](O[C@@H]3OC(CO)[C@@H](O[C@@H]4OC(CO[C@@H]5OC(CO[C@@H]6OC(CO)[C@H](O)[C@H](O[C@@H]7OC(CO)[C@H](O)[C@H](O[C@@H]8OC9COC(C)(C(=O)O)O[C@H]9[C@H](O)C8O)C7O)C6O)[C@@H](O)[C@H](O)C5O)C(C)[C@H](O)C4O)[C@H](O)C3O)[C@H](O)C2O)C1O. The third kappa shape index (κ3) is 15.8. The molecular weight excluding hydrogens is 1310 g/mol. The number of carboxylic acids is 1. The third-order valence-electron chi connectivity index (χ3n) is 18.3. The van der Waals surface area contributed by atoms with E-state index in [1.807, 2.05) is 0 Å². The van der Waals surface area contributed by atoms with Crippen LogP contribution in [0.5, 0.6) is 0 Å². The number of fused-ring (bicyclic) bond motifs is 1. The molecule has 0 aromatic carbocycles. The molecule has 9 aliphatic rings. The lowest BCUT2D eigenvalue weighted by molar-refractivity contribution is -0.402. The molecule has 552 valence electrons. The van der Waals surface area contributed by atoms with E-state index < -0.39 is 310 Å². The van der Waals surface area contributed by atoms with Gasteiger partial charge in [-0.1, -0.05) is 6.92 Å². The molecule has 42 heteroatoms. The molecule has 0 aliphatic carbocycles. The molecule has 0 saturated carbocycles. The molecule has 0 aromatic rings. The van der Waals surface area contributed by atoms with E-state index in [-0.39, 0.29) is 0 Å². The highest BCUT2D eigenvalue weighted by Gasteiger charge is 2.60. The zero-order valence-electron chi connectivity index (χ0n) is 50.8. The molecule has 0 spiro atoms. The van der Waals surface area contributed by atoms with Crippen molar-refractivity contribution in [2.75, 3.05) is 60.0 Å². The van der Waals surface area contributed by atoms with Crippen molar-refractivity contribution in [3.8, 4) is 0 Å². The van der Waals surface area contributed by atoms with Gasteiger partial charge in [-0.25, -0.2) is 4.79 Å². The van der Waals surface area contributed by atoms with Crippen LogP contribution in [0.3, 0.4) is 0 Å². The fourth-order valence-corrected chi connectivity index (χ4v) is 12.4. The Morgan fingerprint density at radius 3 is 1.17 bits per heavy atom. The van der Waals surface area contributed by atoms with Gasteiger partial charge in [-0.2, -0.15) is 0 Å². The average Bonchev–Trinajstić information content (AvgIpc) is 0.784. The first-order chi connectivity index (χ1) is 45.0. The van der Waals surface area contributed by atoms with Crippen molar-refractivity contribution in [2.45, 2.75) is 259 Å². The van der Waals surface area contributed by atoms with Gasteiger partial charge in [-0.15, -0.1) is 0 Å². The summed E-state index contributed by atoms with van der Waals surface area (Å²) in [5.41, 5.74) is 0. The molecule has 0 radical (unpaired) electrons. The summed E-state index contributed by atoms with van der Waals surface area (Å²) in [5, 5.41) is 250. The highest BCUT2D eigenvalue weighted by atomic mass is 16.8. The Balaban J connectivity index is 0.793. The second-order valence-electron chi connectivity index (χ2n) is 24.5. The van der Waals surface area contributed by atoms with E-state index >= 15 is 0 Å². The molecule has 9 aliphatic heterocycles. The molecule has 9 fully saturated rings. The van der Waals surface area contributed by atoms with Crippen LogP contribution in [-0.4, -0.2) is 429 Å². The summed E-state index contributed by atoms with van der Waals surface area (Å²) in [4.78, 5) is 11.7. The van der Waals surface area contributed by atoms with E-state index in [0.29, 0.717) is 0 Å². The van der Waals surface area contributed by atoms with E-state index in [9.17, 15) is 122 Å². The fraction of sp³-hybridized carbons (Fsp3) is 0.981. The molecule has 0 aromatic heterocycles. The summed E-state index contributed by atoms with van der Waals surface area (Å²) in [5.74, 6) is -4.87. The van der Waals surface area contributed by atoms with E-state index in [4.69, 9.17) is 85.3 Å². The second kappa shape index (κ2) is 32.5. The lowest BCUT2D eigenvalue weighted by atomic mass is 9.90. The van der Waals surface area contributed by atoms with Gasteiger partial charge in [0, 0.05) is 20.0 Å². The molecule has 9 heterocycles. The summed E-state index contributed by atoms with van der Waals surface area (Å²) >= 11 is 0. The van der Waals surface area contributed by atoms with Crippen molar-refractivity contribution in [3.05, 3.63) is 0 Å². The number of aliphatic carboxylic acids is 1. The Morgan fingerprint density at radius 2 is 0.705 bits per heavy atom. The molecule has 23 N–H and O–H groups in total. The van der Waals surface area contributed by atoms with Crippen LogP contribution in [-0.2, 0) is 90.1 Å². The zero-order valence-corrected chi connectivity index (χ0v) is 50.8. The maximum absolute atomic E-state index is 11.7. The largest absolute Gasteiger partial charge is 0.477 e. The monoisotopic (exact) mass is 1400 g/mol. The summed E-state index contributed by atoms with van der Waals surface area (Å²) in [6.45, 7) is -4.38. The van der Waals surface area contributed by atoms with Gasteiger partial charge in [0.05, 0.1) is 65.1 Å². The van der Waals surface area contributed by atoms with Crippen LogP contribution in [0.1, 0.15) is 13.8 Å². The molecule has 0 bridgehead atoms. The molecule has 0 amide bonds. The van der Waals surface area contributed by atoms with Crippen LogP contribution < -0.4 is 0 Å². The van der Waals surface area contributed by atoms with Crippen molar-refractivity contribution in [1.82, 2.24) is 0 Å². The average molecular weight is 1400 g/mol. The van der Waals surface area contributed by atoms with E-state index in [0.717, 1.165) is 14.0 Å². The van der Waals surface area contributed by atoms with Crippen LogP contribution in [0.15, 0.2) is 0 Å². The number of ether oxygens (including phenoxy) is 18. The maximum atomic E-state index is 11.7. The standard InChI is InChI=1S/C53H88O42/c1-12-18(87-47(30(68)21(12)59)90-38-16(7-57)85-48(32(70)27(38)65)91-39-17(8-58)86-49(33(71)28(39)66)92-41-23(61)13(4-54)82-44(78-3)35(41)73)9-79-45-31(69)26(64)22(60)19(88-45)10-80-46-36(74)42(24(62)14(5-55)83-46)94-51-37(75)43(25(63)15(6-56)84-51)93-50-34(72)29(67)40-20(89-50)11-81-53(2,95-40)52(76)77/h12-51,54-75H,4-11H2,1-3H3,(H,76,77)/t12?,13?,14?,15?,16?,17?,18?,19?,20?,21-,22+,23-,24-,25-,26-,27+,28+,29+,30?,31?,32?,33?,34?,35?,36?,37?,38+,39+,40+,41-,42-,43-,44+,45+,46+,47-,48-,49-,50-,51-,53?/m0/s1. The van der Waals surface area contributed by atoms with Crippen LogP contribution in [0, 0.1) is 5.92 Å². The Morgan fingerprint density at radius 1 is 0.368 bits per heavy atom. The molecular formula is C53H88O42. The number of carbonyl (C=O) groups is 1. The number of rotatable bonds is 23. The molecule has 18 unspecified atom stereocenters. The highest BCUT2D eigenvalue weighted by Crippen LogP contribution is 2.40.